The van der Waals surface area contributed by atoms with Crippen LogP contribution in [0.5, 0.6) is 0 Å². The van der Waals surface area contributed by atoms with Gasteiger partial charge in [-0.2, -0.15) is 0 Å². The van der Waals surface area contributed by atoms with Gasteiger partial charge in [0, 0.05) is 23.5 Å². The van der Waals surface area contributed by atoms with E-state index in [4.69, 9.17) is 0 Å². The number of hydrogen-bond acceptors (Lipinski definition) is 3. The summed E-state index contributed by atoms with van der Waals surface area (Å²) < 4.78 is 1.08. The molecule has 0 radical (unpaired) electrons. The molecule has 2 N–H and O–H groups in total. The molecule has 0 atom stereocenters. The van der Waals surface area contributed by atoms with Gasteiger partial charge < -0.3 is 10.6 Å². The van der Waals surface area contributed by atoms with E-state index in [-0.39, 0.29) is 17.7 Å². The lowest BCUT2D eigenvalue weighted by atomic mass is 9.95. The molecular weight excluding hydrogens is 430 g/mol. The number of anilines is 1. The highest BCUT2D eigenvalue weighted by molar-refractivity contribution is 9.10. The summed E-state index contributed by atoms with van der Waals surface area (Å²) in [6.45, 7) is 5.33. The van der Waals surface area contributed by atoms with Gasteiger partial charge in [-0.25, -0.2) is 0 Å². The Hall–Kier alpha value is -2.18. The molecule has 0 aliphatic carbocycles. The molecule has 2 amide bonds. The van der Waals surface area contributed by atoms with E-state index in [2.05, 4.69) is 55.7 Å². The molecule has 6 heteroatoms. The molecule has 1 fully saturated rings. The van der Waals surface area contributed by atoms with Gasteiger partial charge in [-0.15, -0.1) is 0 Å². The maximum absolute atomic E-state index is 12.8. The second-order valence-corrected chi connectivity index (χ2v) is 8.38. The molecule has 1 heterocycles. The summed E-state index contributed by atoms with van der Waals surface area (Å²) >= 11 is 3.46. The van der Waals surface area contributed by atoms with Crippen LogP contribution >= 0.6 is 15.9 Å². The van der Waals surface area contributed by atoms with Crippen molar-refractivity contribution in [2.75, 3.05) is 25.0 Å². The zero-order valence-electron chi connectivity index (χ0n) is 16.8. The smallest absolute Gasteiger partial charge is 0.253 e. The number of amides is 2. The molecule has 5 nitrogen and oxygen atoms in total. The first kappa shape index (κ1) is 21.5. The van der Waals surface area contributed by atoms with Gasteiger partial charge >= 0.3 is 0 Å². The van der Waals surface area contributed by atoms with E-state index in [0.717, 1.165) is 43.4 Å². The van der Waals surface area contributed by atoms with Crippen LogP contribution < -0.4 is 10.6 Å². The molecule has 0 spiro atoms. The van der Waals surface area contributed by atoms with Gasteiger partial charge in [0.25, 0.3) is 5.91 Å². The quantitative estimate of drug-likeness (QED) is 0.645. The van der Waals surface area contributed by atoms with Crippen LogP contribution in [0.15, 0.2) is 53.0 Å². The number of halogens is 1. The van der Waals surface area contributed by atoms with E-state index < -0.39 is 0 Å². The third-order valence-electron chi connectivity index (χ3n) is 5.24. The van der Waals surface area contributed by atoms with Crippen molar-refractivity contribution in [3.63, 3.8) is 0 Å². The van der Waals surface area contributed by atoms with Crippen molar-refractivity contribution in [1.29, 1.82) is 0 Å². The van der Waals surface area contributed by atoms with E-state index in [1.807, 2.05) is 19.1 Å². The first-order chi connectivity index (χ1) is 14.1. The Morgan fingerprint density at radius 1 is 1.07 bits per heavy atom. The molecule has 0 unspecified atom stereocenters. The number of para-hydroxylation sites is 1. The molecule has 0 aromatic heterocycles. The summed E-state index contributed by atoms with van der Waals surface area (Å²) in [5, 5.41) is 5.86. The van der Waals surface area contributed by atoms with Crippen molar-refractivity contribution in [3.05, 3.63) is 64.1 Å². The summed E-state index contributed by atoms with van der Waals surface area (Å²) in [5.41, 5.74) is 2.38. The van der Waals surface area contributed by atoms with Gasteiger partial charge in [0.1, 0.15) is 0 Å². The Kier molecular flexibility index (Phi) is 7.83. The topological polar surface area (TPSA) is 61.4 Å². The predicted octanol–water partition coefficient (Wildman–Crippen LogP) is 4.44. The molecule has 1 saturated heterocycles. The second-order valence-electron chi connectivity index (χ2n) is 7.47. The van der Waals surface area contributed by atoms with Crippen molar-refractivity contribution in [1.82, 2.24) is 10.2 Å². The molecule has 29 heavy (non-hydrogen) atoms. The van der Waals surface area contributed by atoms with Crippen LogP contribution in [0.25, 0.3) is 0 Å². The zero-order valence-corrected chi connectivity index (χ0v) is 18.4. The van der Waals surface area contributed by atoms with E-state index in [1.165, 1.54) is 5.56 Å². The maximum Gasteiger partial charge on any atom is 0.253 e. The molecule has 1 aliphatic rings. The summed E-state index contributed by atoms with van der Waals surface area (Å²) in [7, 11) is 0. The van der Waals surface area contributed by atoms with Crippen LogP contribution in [0.2, 0.25) is 0 Å². The number of benzene rings is 2. The fourth-order valence-corrected chi connectivity index (χ4v) is 3.82. The van der Waals surface area contributed by atoms with E-state index in [0.29, 0.717) is 17.8 Å². The number of likely N-dealkylation sites (tertiary alicyclic amines) is 1. The first-order valence-corrected chi connectivity index (χ1v) is 11.0. The highest BCUT2D eigenvalue weighted by Gasteiger charge is 2.26. The van der Waals surface area contributed by atoms with Crippen LogP contribution in [0.3, 0.4) is 0 Å². The second kappa shape index (κ2) is 10.6. The van der Waals surface area contributed by atoms with Crippen LogP contribution in [0, 0.1) is 5.92 Å². The summed E-state index contributed by atoms with van der Waals surface area (Å²) in [6.07, 6.45) is 2.53. The average Bonchev–Trinajstić information content (AvgIpc) is 2.74. The Labute approximate surface area is 181 Å². The monoisotopic (exact) mass is 457 g/mol. The van der Waals surface area contributed by atoms with Crippen LogP contribution in [-0.4, -0.2) is 36.3 Å². The van der Waals surface area contributed by atoms with Crippen molar-refractivity contribution < 1.29 is 9.59 Å². The minimum Gasteiger partial charge on any atom is -0.352 e. The lowest BCUT2D eigenvalue weighted by molar-refractivity contribution is -0.121. The minimum atomic E-state index is -0.146. The highest BCUT2D eigenvalue weighted by Crippen LogP contribution is 2.23. The highest BCUT2D eigenvalue weighted by atomic mass is 79.9. The average molecular weight is 458 g/mol. The third kappa shape index (κ3) is 6.15. The predicted molar refractivity (Wildman–Crippen MR) is 120 cm³/mol. The molecule has 1 aliphatic heterocycles. The maximum atomic E-state index is 12.8. The van der Waals surface area contributed by atoms with Gasteiger partial charge in [-0.3, -0.25) is 14.5 Å². The fourth-order valence-electron chi connectivity index (χ4n) is 3.56. The third-order valence-corrected chi connectivity index (χ3v) is 5.77. The van der Waals surface area contributed by atoms with Crippen molar-refractivity contribution in [2.24, 2.45) is 5.92 Å². The Morgan fingerprint density at radius 2 is 1.76 bits per heavy atom. The minimum absolute atomic E-state index is 0.00373. The Bertz CT molecular complexity index is 830. The summed E-state index contributed by atoms with van der Waals surface area (Å²) in [6, 6.07) is 15.6. The van der Waals surface area contributed by atoms with Crippen LogP contribution in [0.4, 0.5) is 5.69 Å². The Morgan fingerprint density at radius 3 is 2.45 bits per heavy atom. The van der Waals surface area contributed by atoms with Gasteiger partial charge in [0.2, 0.25) is 5.91 Å². The number of nitrogens with zero attached hydrogens (tertiary/aromatic N) is 1. The van der Waals surface area contributed by atoms with Crippen molar-refractivity contribution in [3.8, 4) is 0 Å². The van der Waals surface area contributed by atoms with Gasteiger partial charge in [-0.05, 0) is 62.2 Å². The fraction of sp³-hybridized carbons (Fsp3) is 0.391. The SMILES string of the molecule is CCCNC(=O)c1ccccc1NC(=O)C1CCN(Cc2ccc(Br)cc2)CC1. The van der Waals surface area contributed by atoms with Gasteiger partial charge in [0.15, 0.2) is 0 Å². The number of piperidine rings is 1. The molecule has 0 saturated carbocycles. The van der Waals surface area contributed by atoms with Crippen LogP contribution in [0.1, 0.15) is 42.1 Å². The lowest BCUT2D eigenvalue weighted by Gasteiger charge is -2.31. The largest absolute Gasteiger partial charge is 0.352 e. The Balaban J connectivity index is 1.53. The van der Waals surface area contributed by atoms with Gasteiger partial charge in [-0.1, -0.05) is 47.1 Å². The standard InChI is InChI=1S/C23H28BrN3O2/c1-2-13-25-23(29)20-5-3-4-6-21(20)26-22(28)18-11-14-27(15-12-18)16-17-7-9-19(24)10-8-17/h3-10,18H,2,11-16H2,1H3,(H,25,29)(H,26,28). The van der Waals surface area contributed by atoms with E-state index in [1.54, 1.807) is 12.1 Å². The number of carbonyl (C=O) groups excluding carboxylic acids is 2. The normalized spacial score (nSPS) is 15.1. The number of hydrogen-bond donors (Lipinski definition) is 2. The number of rotatable bonds is 7. The van der Waals surface area contributed by atoms with Crippen molar-refractivity contribution in [2.45, 2.75) is 32.7 Å². The first-order valence-electron chi connectivity index (χ1n) is 10.2. The molecule has 154 valence electrons. The molecule has 2 aromatic rings. The summed E-state index contributed by atoms with van der Waals surface area (Å²) in [4.78, 5) is 27.5. The number of carbonyl (C=O) groups is 2. The molecule has 0 bridgehead atoms. The lowest BCUT2D eigenvalue weighted by Crippen LogP contribution is -2.38. The van der Waals surface area contributed by atoms with E-state index >= 15 is 0 Å². The molecular formula is C23H28BrN3O2. The summed E-state index contributed by atoms with van der Waals surface area (Å²) in [5.74, 6) is -0.168. The van der Waals surface area contributed by atoms with Crippen LogP contribution in [-0.2, 0) is 11.3 Å². The van der Waals surface area contributed by atoms with E-state index in [9.17, 15) is 9.59 Å². The van der Waals surface area contributed by atoms with Gasteiger partial charge in [0.05, 0.1) is 11.3 Å². The zero-order chi connectivity index (χ0) is 20.6. The molecule has 3 rings (SSSR count). The molecule has 2 aromatic carbocycles. The van der Waals surface area contributed by atoms with Crippen molar-refractivity contribution >= 4 is 33.4 Å². The number of nitrogens with one attached hydrogen (secondary N) is 2.